The van der Waals surface area contributed by atoms with E-state index in [1.54, 1.807) is 0 Å². The van der Waals surface area contributed by atoms with E-state index in [0.29, 0.717) is 0 Å². The summed E-state index contributed by atoms with van der Waals surface area (Å²) in [6.07, 6.45) is 8.77. The maximum absolute atomic E-state index is 2.60. The molecule has 2 rings (SSSR count). The van der Waals surface area contributed by atoms with Gasteiger partial charge in [-0.2, -0.15) is 0 Å². The van der Waals surface area contributed by atoms with Gasteiger partial charge in [0.2, 0.25) is 0 Å². The van der Waals surface area contributed by atoms with Gasteiger partial charge in [0.05, 0.1) is 0 Å². The summed E-state index contributed by atoms with van der Waals surface area (Å²) in [6, 6.07) is 0.748. The Labute approximate surface area is 215 Å². The van der Waals surface area contributed by atoms with Crippen molar-refractivity contribution in [1.29, 1.82) is 0 Å². The van der Waals surface area contributed by atoms with Crippen LogP contribution in [0, 0.1) is 47.3 Å². The SMILES string of the molecule is CC(C)C.CC(C)C.CC(C)C1CCC(C(C)C)CC1.CC(C)C1CCN(C(C)C)CC1.[B]. The molecule has 1 saturated carbocycles. The van der Waals surface area contributed by atoms with Crippen LogP contribution in [0.5, 0.6) is 0 Å². The summed E-state index contributed by atoms with van der Waals surface area (Å²) < 4.78 is 0. The monoisotopic (exact) mass is 465 g/mol. The van der Waals surface area contributed by atoms with Crippen molar-refractivity contribution >= 4 is 8.41 Å². The van der Waals surface area contributed by atoms with Crippen molar-refractivity contribution in [2.45, 2.75) is 141 Å². The Morgan fingerprint density at radius 3 is 0.818 bits per heavy atom. The highest BCUT2D eigenvalue weighted by molar-refractivity contribution is 5.75. The fourth-order valence-electron chi connectivity index (χ4n) is 4.58. The largest absolute Gasteiger partial charge is 0.301 e. The molecule has 33 heavy (non-hydrogen) atoms. The zero-order valence-electron chi connectivity index (χ0n) is 25.9. The number of nitrogens with zero attached hydrogens (tertiary/aromatic N) is 1. The average Bonchev–Trinajstić information content (AvgIpc) is 2.67. The summed E-state index contributed by atoms with van der Waals surface area (Å²) in [5.41, 5.74) is 0. The molecule has 2 fully saturated rings. The van der Waals surface area contributed by atoms with Gasteiger partial charge in [0.1, 0.15) is 0 Å². The third-order valence-electron chi connectivity index (χ3n) is 6.95. The van der Waals surface area contributed by atoms with Crippen LogP contribution in [-0.2, 0) is 0 Å². The second-order valence-electron chi connectivity index (χ2n) is 13.3. The van der Waals surface area contributed by atoms with Gasteiger partial charge in [-0.3, -0.25) is 0 Å². The summed E-state index contributed by atoms with van der Waals surface area (Å²) >= 11 is 0. The van der Waals surface area contributed by atoms with Gasteiger partial charge in [0, 0.05) is 14.5 Å². The number of rotatable bonds is 4. The Hall–Kier alpha value is 0.0249. The Balaban J connectivity index is -0.000000405. The van der Waals surface area contributed by atoms with E-state index in [4.69, 9.17) is 0 Å². The number of hydrogen-bond acceptors (Lipinski definition) is 1. The van der Waals surface area contributed by atoms with Gasteiger partial charge in [-0.25, -0.2) is 0 Å². The lowest BCUT2D eigenvalue weighted by Crippen LogP contribution is -2.39. The fourth-order valence-corrected chi connectivity index (χ4v) is 4.58. The molecule has 0 unspecified atom stereocenters. The lowest BCUT2D eigenvalue weighted by molar-refractivity contribution is 0.129. The lowest BCUT2D eigenvalue weighted by Gasteiger charge is -2.36. The van der Waals surface area contributed by atoms with E-state index in [2.05, 4.69) is 102 Å². The van der Waals surface area contributed by atoms with Crippen LogP contribution in [0.25, 0.3) is 0 Å². The van der Waals surface area contributed by atoms with E-state index in [1.165, 1.54) is 51.6 Å². The standard InChI is InChI=1S/C12H24.C11H23N.2C4H10.B/c2*1-9(2)11-5-7-12(8-6-11)10(3)4;2*1-4(2)3;/h9-12H,5-8H2,1-4H3;9-11H,5-8H2,1-4H3;2*4H,1-3H3;. The van der Waals surface area contributed by atoms with E-state index >= 15 is 0 Å². The van der Waals surface area contributed by atoms with Crippen LogP contribution in [0.2, 0.25) is 0 Å². The van der Waals surface area contributed by atoms with Crippen LogP contribution in [0.15, 0.2) is 0 Å². The van der Waals surface area contributed by atoms with Gasteiger partial charge in [0.15, 0.2) is 0 Å². The van der Waals surface area contributed by atoms with Gasteiger partial charge in [-0.05, 0) is 113 Å². The van der Waals surface area contributed by atoms with Crippen LogP contribution in [-0.4, -0.2) is 32.4 Å². The number of piperidine rings is 1. The quantitative estimate of drug-likeness (QED) is 0.374. The Bertz CT molecular complexity index is 308. The first kappa shape index (κ1) is 37.6. The minimum absolute atomic E-state index is 0. The second-order valence-corrected chi connectivity index (χ2v) is 13.3. The van der Waals surface area contributed by atoms with E-state index in [-0.39, 0.29) is 8.41 Å². The summed E-state index contributed by atoms with van der Waals surface area (Å²) in [7, 11) is 0. The van der Waals surface area contributed by atoms with Crippen molar-refractivity contribution in [3.63, 3.8) is 0 Å². The Morgan fingerprint density at radius 2 is 0.636 bits per heavy atom. The molecule has 0 spiro atoms. The molecule has 0 atom stereocenters. The molecular weight excluding hydrogens is 397 g/mol. The van der Waals surface area contributed by atoms with Gasteiger partial charge < -0.3 is 4.90 Å². The average molecular weight is 465 g/mol. The fraction of sp³-hybridized carbons (Fsp3) is 1.00. The molecule has 1 nitrogen and oxygen atoms in total. The molecule has 199 valence electrons. The van der Waals surface area contributed by atoms with E-state index in [9.17, 15) is 0 Å². The van der Waals surface area contributed by atoms with Crippen molar-refractivity contribution < 1.29 is 0 Å². The molecule has 0 N–H and O–H groups in total. The van der Waals surface area contributed by atoms with Gasteiger partial charge >= 0.3 is 0 Å². The van der Waals surface area contributed by atoms with Crippen LogP contribution < -0.4 is 0 Å². The van der Waals surface area contributed by atoms with Gasteiger partial charge in [-0.15, -0.1) is 0 Å². The first-order valence-electron chi connectivity index (χ1n) is 14.4. The molecule has 0 aromatic heterocycles. The minimum Gasteiger partial charge on any atom is -0.301 e. The molecular formula is C31H67BN. The molecule has 1 aliphatic heterocycles. The Kier molecular flexibility index (Phi) is 24.3. The third kappa shape index (κ3) is 22.2. The van der Waals surface area contributed by atoms with Gasteiger partial charge in [-0.1, -0.05) is 83.1 Å². The van der Waals surface area contributed by atoms with E-state index in [0.717, 1.165) is 53.4 Å². The second kappa shape index (κ2) is 21.3. The normalized spacial score (nSPS) is 21.8. The van der Waals surface area contributed by atoms with Crippen molar-refractivity contribution in [2.75, 3.05) is 13.1 Å². The molecule has 2 aliphatic rings. The van der Waals surface area contributed by atoms with Crippen molar-refractivity contribution in [1.82, 2.24) is 4.90 Å². The highest BCUT2D eigenvalue weighted by Gasteiger charge is 2.24. The molecule has 1 aliphatic carbocycles. The van der Waals surface area contributed by atoms with Crippen LogP contribution in [0.4, 0.5) is 0 Å². The third-order valence-corrected chi connectivity index (χ3v) is 6.95. The maximum atomic E-state index is 2.60. The van der Waals surface area contributed by atoms with Crippen molar-refractivity contribution in [3.05, 3.63) is 0 Å². The van der Waals surface area contributed by atoms with Crippen LogP contribution in [0.1, 0.15) is 135 Å². The predicted octanol–water partition coefficient (Wildman–Crippen LogP) is 9.81. The van der Waals surface area contributed by atoms with Crippen LogP contribution >= 0.6 is 0 Å². The lowest BCUT2D eigenvalue weighted by atomic mass is 9.73. The van der Waals surface area contributed by atoms with Crippen molar-refractivity contribution in [2.24, 2.45) is 47.3 Å². The Morgan fingerprint density at radius 1 is 0.424 bits per heavy atom. The van der Waals surface area contributed by atoms with E-state index in [1.807, 2.05) is 0 Å². The van der Waals surface area contributed by atoms with Crippen molar-refractivity contribution in [3.8, 4) is 0 Å². The molecule has 0 amide bonds. The summed E-state index contributed by atoms with van der Waals surface area (Å²) in [4.78, 5) is 2.60. The molecule has 2 heteroatoms. The summed E-state index contributed by atoms with van der Waals surface area (Å²) in [5.74, 6) is 7.43. The number of likely N-dealkylation sites (tertiary alicyclic amines) is 1. The molecule has 0 bridgehead atoms. The maximum Gasteiger partial charge on any atom is 0.00385 e. The molecule has 3 radical (unpaired) electrons. The zero-order chi connectivity index (χ0) is 25.4. The molecule has 0 aromatic rings. The van der Waals surface area contributed by atoms with Gasteiger partial charge in [0.25, 0.3) is 0 Å². The number of hydrogen-bond donors (Lipinski definition) is 0. The zero-order valence-corrected chi connectivity index (χ0v) is 25.9. The topological polar surface area (TPSA) is 3.24 Å². The molecule has 1 saturated heterocycles. The molecule has 0 aromatic carbocycles. The summed E-state index contributed by atoms with van der Waals surface area (Å²) in [5, 5.41) is 0. The van der Waals surface area contributed by atoms with E-state index < -0.39 is 0 Å². The molecule has 1 heterocycles. The highest BCUT2D eigenvalue weighted by atomic mass is 15.1. The van der Waals surface area contributed by atoms with Crippen LogP contribution in [0.3, 0.4) is 0 Å². The first-order chi connectivity index (χ1) is 14.7. The predicted molar refractivity (Wildman–Crippen MR) is 156 cm³/mol. The summed E-state index contributed by atoms with van der Waals surface area (Å²) in [6.45, 7) is 34.5. The minimum atomic E-state index is 0. The first-order valence-corrected chi connectivity index (χ1v) is 14.4. The smallest absolute Gasteiger partial charge is 0.00385 e. The highest BCUT2D eigenvalue weighted by Crippen LogP contribution is 2.36.